The molecule has 0 fully saturated rings. The zero-order valence-corrected chi connectivity index (χ0v) is 38.6. The molecule has 0 aliphatic rings. The van der Waals surface area contributed by atoms with Gasteiger partial charge >= 0.3 is 5.97 Å². The van der Waals surface area contributed by atoms with E-state index in [2.05, 4.69) is 57.2 Å². The van der Waals surface area contributed by atoms with Crippen LogP contribution in [0.3, 0.4) is 0 Å². The SMILES string of the molecule is COCO[C@@H]([C@H](C)[C@H](OCOCc1ccccc1)[C@H](C)[C@@H](OCOCc1ccccc1)[C@@H](C)CC(=O)OC)[C@H](C)[C@H](COC(c1ccccc1)(c1ccccc1)c1ccccc1)OC. The minimum absolute atomic E-state index is 0.00674. The summed E-state index contributed by atoms with van der Waals surface area (Å²) in [6, 6.07) is 50.8. The second-order valence-electron chi connectivity index (χ2n) is 16.4. The highest BCUT2D eigenvalue weighted by atomic mass is 16.7. The van der Waals surface area contributed by atoms with E-state index in [0.29, 0.717) is 13.2 Å². The van der Waals surface area contributed by atoms with Crippen LogP contribution in [0.25, 0.3) is 0 Å². The molecule has 0 radical (unpaired) electrons. The third-order valence-electron chi connectivity index (χ3n) is 12.1. The minimum atomic E-state index is -0.950. The van der Waals surface area contributed by atoms with Crippen molar-refractivity contribution in [3.63, 3.8) is 0 Å². The van der Waals surface area contributed by atoms with Crippen molar-refractivity contribution in [3.8, 4) is 0 Å². The van der Waals surface area contributed by atoms with E-state index >= 15 is 0 Å². The lowest BCUT2D eigenvalue weighted by molar-refractivity contribution is -0.205. The first-order valence-electron chi connectivity index (χ1n) is 22.2. The maximum absolute atomic E-state index is 12.7. The van der Waals surface area contributed by atoms with Crippen molar-refractivity contribution >= 4 is 5.97 Å². The van der Waals surface area contributed by atoms with E-state index in [1.54, 1.807) is 14.2 Å². The summed E-state index contributed by atoms with van der Waals surface area (Å²) in [7, 11) is 4.72. The van der Waals surface area contributed by atoms with Gasteiger partial charge in [-0.3, -0.25) is 4.79 Å². The van der Waals surface area contributed by atoms with Gasteiger partial charge in [-0.15, -0.1) is 0 Å². The highest BCUT2D eigenvalue weighted by Gasteiger charge is 2.43. The van der Waals surface area contributed by atoms with Crippen LogP contribution in [-0.2, 0) is 66.2 Å². The zero-order chi connectivity index (χ0) is 45.6. The summed E-state index contributed by atoms with van der Waals surface area (Å²) in [5.74, 6) is -1.42. The van der Waals surface area contributed by atoms with Gasteiger partial charge in [-0.1, -0.05) is 179 Å². The predicted molar refractivity (Wildman–Crippen MR) is 248 cm³/mol. The first kappa shape index (κ1) is 50.3. The highest BCUT2D eigenvalue weighted by Crippen LogP contribution is 2.41. The topological polar surface area (TPSA) is 100 Å². The number of methoxy groups -OCH3 is 3. The van der Waals surface area contributed by atoms with Crippen molar-refractivity contribution in [3.05, 3.63) is 179 Å². The van der Waals surface area contributed by atoms with Crippen LogP contribution in [0.2, 0.25) is 0 Å². The molecule has 0 aromatic heterocycles. The molecule has 5 aromatic carbocycles. The van der Waals surface area contributed by atoms with Gasteiger partial charge in [0.05, 0.1) is 57.8 Å². The molecular formula is C54H68O10. The van der Waals surface area contributed by atoms with Gasteiger partial charge in [-0.25, -0.2) is 0 Å². The molecule has 64 heavy (non-hydrogen) atoms. The van der Waals surface area contributed by atoms with Crippen molar-refractivity contribution in [1.29, 1.82) is 0 Å². The van der Waals surface area contributed by atoms with E-state index in [0.717, 1.165) is 27.8 Å². The predicted octanol–water partition coefficient (Wildman–Crippen LogP) is 10.2. The molecule has 0 amide bonds. The third kappa shape index (κ3) is 14.1. The highest BCUT2D eigenvalue weighted by molar-refractivity contribution is 5.69. The van der Waals surface area contributed by atoms with Gasteiger partial charge in [-0.05, 0) is 33.7 Å². The number of carbonyl (C=O) groups excluding carboxylic acids is 1. The Balaban J connectivity index is 1.46. The van der Waals surface area contributed by atoms with Gasteiger partial charge in [-0.2, -0.15) is 0 Å². The molecule has 0 saturated heterocycles. The average molecular weight is 877 g/mol. The molecule has 0 bridgehead atoms. The second kappa shape index (κ2) is 26.9. The number of hydrogen-bond donors (Lipinski definition) is 0. The van der Waals surface area contributed by atoms with Crippen LogP contribution in [0.15, 0.2) is 152 Å². The number of ether oxygens (including phenoxy) is 9. The Morgan fingerprint density at radius 3 is 1.31 bits per heavy atom. The van der Waals surface area contributed by atoms with Crippen molar-refractivity contribution in [2.24, 2.45) is 23.7 Å². The van der Waals surface area contributed by atoms with Gasteiger partial charge in [0.25, 0.3) is 0 Å². The molecule has 0 spiro atoms. The summed E-state index contributed by atoms with van der Waals surface area (Å²) in [6.45, 7) is 9.32. The summed E-state index contributed by atoms with van der Waals surface area (Å²) in [6.07, 6.45) is -1.76. The van der Waals surface area contributed by atoms with Crippen LogP contribution in [-0.4, -0.2) is 78.7 Å². The molecule has 0 aliphatic heterocycles. The van der Waals surface area contributed by atoms with Crippen molar-refractivity contribution < 1.29 is 47.4 Å². The van der Waals surface area contributed by atoms with E-state index in [4.69, 9.17) is 42.6 Å². The van der Waals surface area contributed by atoms with Gasteiger partial charge in [0.15, 0.2) is 0 Å². The normalized spacial score (nSPS) is 15.6. The molecule has 5 aromatic rings. The fraction of sp³-hybridized carbons (Fsp3) is 0.426. The van der Waals surface area contributed by atoms with Gasteiger partial charge in [0, 0.05) is 32.0 Å². The fourth-order valence-electron chi connectivity index (χ4n) is 8.72. The van der Waals surface area contributed by atoms with Crippen molar-refractivity contribution in [2.75, 3.05) is 48.3 Å². The van der Waals surface area contributed by atoms with Gasteiger partial charge < -0.3 is 42.6 Å². The maximum atomic E-state index is 12.7. The second-order valence-corrected chi connectivity index (χ2v) is 16.4. The molecule has 5 rings (SSSR count). The van der Waals surface area contributed by atoms with Crippen LogP contribution in [0.1, 0.15) is 61.9 Å². The molecule has 0 N–H and O–H groups in total. The molecule has 0 unspecified atom stereocenters. The van der Waals surface area contributed by atoms with E-state index in [1.165, 1.54) is 7.11 Å². The maximum Gasteiger partial charge on any atom is 0.305 e. The quantitative estimate of drug-likeness (QED) is 0.0200. The van der Waals surface area contributed by atoms with Crippen LogP contribution in [0.5, 0.6) is 0 Å². The summed E-state index contributed by atoms with van der Waals surface area (Å²) in [5, 5.41) is 0. The molecular weight excluding hydrogens is 809 g/mol. The standard InChI is InChI=1S/C54H68O10/c1-40(33-50(55)58-7)51(62-38-59-34-44-23-13-8-14-24-44)42(3)53(63-39-60-35-45-25-15-9-16-26-45)43(4)52(61-37-56-5)41(2)49(57-6)36-64-54(46-27-17-10-18-28-46,47-29-19-11-20-30-47)48-31-21-12-22-32-48/h8-32,40-43,49,51-53H,33-39H2,1-7H3/t40-,41+,42+,43-,49-,51-,52+,53+/m0/s1. The molecule has 0 aliphatic carbocycles. The molecule has 8 atom stereocenters. The monoisotopic (exact) mass is 876 g/mol. The van der Waals surface area contributed by atoms with E-state index in [9.17, 15) is 4.79 Å². The molecule has 0 heterocycles. The minimum Gasteiger partial charge on any atom is -0.469 e. The summed E-state index contributed by atoms with van der Waals surface area (Å²) in [5.41, 5.74) is 4.09. The molecule has 10 nitrogen and oxygen atoms in total. The lowest BCUT2D eigenvalue weighted by Gasteiger charge is -2.42. The van der Waals surface area contributed by atoms with Crippen LogP contribution >= 0.6 is 0 Å². The first-order chi connectivity index (χ1) is 31.2. The Morgan fingerprint density at radius 1 is 0.500 bits per heavy atom. The van der Waals surface area contributed by atoms with Gasteiger partial charge in [0.1, 0.15) is 26.0 Å². The fourth-order valence-corrected chi connectivity index (χ4v) is 8.72. The number of esters is 1. The lowest BCUT2D eigenvalue weighted by atomic mass is 9.77. The first-order valence-corrected chi connectivity index (χ1v) is 22.2. The average Bonchev–Trinajstić information content (AvgIpc) is 3.34. The summed E-state index contributed by atoms with van der Waals surface area (Å²) >= 11 is 0. The molecule has 0 saturated carbocycles. The third-order valence-corrected chi connectivity index (χ3v) is 12.1. The Bertz CT molecular complexity index is 1890. The number of rotatable bonds is 29. The van der Waals surface area contributed by atoms with E-state index in [-0.39, 0.29) is 63.0 Å². The number of benzene rings is 5. The Kier molecular flexibility index (Phi) is 21.1. The smallest absolute Gasteiger partial charge is 0.305 e. The van der Waals surface area contributed by atoms with Crippen molar-refractivity contribution in [1.82, 2.24) is 0 Å². The Hall–Kier alpha value is -4.75. The Morgan fingerprint density at radius 2 is 0.891 bits per heavy atom. The van der Waals surface area contributed by atoms with Crippen LogP contribution in [0, 0.1) is 23.7 Å². The number of hydrogen-bond acceptors (Lipinski definition) is 10. The zero-order valence-electron chi connectivity index (χ0n) is 38.6. The van der Waals surface area contributed by atoms with E-state index < -0.39 is 30.0 Å². The lowest BCUT2D eigenvalue weighted by Crippen LogP contribution is -2.49. The Labute approximate surface area is 381 Å². The van der Waals surface area contributed by atoms with E-state index in [1.807, 2.05) is 122 Å². The molecule has 344 valence electrons. The van der Waals surface area contributed by atoms with Crippen LogP contribution < -0.4 is 0 Å². The van der Waals surface area contributed by atoms with Gasteiger partial charge in [0.2, 0.25) is 0 Å². The molecule has 10 heteroatoms. The van der Waals surface area contributed by atoms with Crippen molar-refractivity contribution in [2.45, 2.75) is 77.3 Å². The summed E-state index contributed by atoms with van der Waals surface area (Å²) in [4.78, 5) is 12.7. The van der Waals surface area contributed by atoms with Crippen LogP contribution in [0.4, 0.5) is 0 Å². The number of carbonyl (C=O) groups is 1. The largest absolute Gasteiger partial charge is 0.469 e. The summed E-state index contributed by atoms with van der Waals surface area (Å²) < 4.78 is 56.5.